The smallest absolute Gasteiger partial charge is 0.408 e. The number of carbonyl (C=O) groups excluding carboxylic acids is 2. The number of ether oxygens (including phenoxy) is 2. The van der Waals surface area contributed by atoms with E-state index in [1.807, 2.05) is 29.6 Å². The molecule has 4 saturated heterocycles. The minimum atomic E-state index is -0.790. The number of phenols is 1. The number of aromatic nitrogens is 1. The Labute approximate surface area is 300 Å². The van der Waals surface area contributed by atoms with Gasteiger partial charge >= 0.3 is 6.09 Å². The van der Waals surface area contributed by atoms with Gasteiger partial charge in [-0.05, 0) is 111 Å². The number of aliphatic hydroxyl groups is 1. The molecular weight excluding hydrogens is 671 g/mol. The number of fused-ring (bicyclic) bond motifs is 4. The molecule has 2 amide bonds. The van der Waals surface area contributed by atoms with Gasteiger partial charge in [-0.25, -0.2) is 4.79 Å². The molecule has 0 unspecified atom stereocenters. The number of aliphatic hydroxyl groups excluding tert-OH is 1. The van der Waals surface area contributed by atoms with Gasteiger partial charge < -0.3 is 40.2 Å². The first-order valence-electron chi connectivity index (χ1n) is 17.8. The highest BCUT2D eigenvalue weighted by Crippen LogP contribution is 2.37. The van der Waals surface area contributed by atoms with Crippen molar-refractivity contribution in [2.75, 3.05) is 52.4 Å². The fraction of sp³-hybridized carbons (Fsp3) is 0.447. The van der Waals surface area contributed by atoms with Gasteiger partial charge in [0.1, 0.15) is 23.1 Å². The maximum absolute atomic E-state index is 13.4. The minimum Gasteiger partial charge on any atom is -0.506 e. The summed E-state index contributed by atoms with van der Waals surface area (Å²) in [5, 5.41) is 29.8. The van der Waals surface area contributed by atoms with E-state index in [9.17, 15) is 24.6 Å². The van der Waals surface area contributed by atoms with Gasteiger partial charge in [-0.15, -0.1) is 11.3 Å². The summed E-state index contributed by atoms with van der Waals surface area (Å²) < 4.78 is 11.8. The van der Waals surface area contributed by atoms with E-state index in [0.717, 1.165) is 63.2 Å². The van der Waals surface area contributed by atoms with E-state index in [4.69, 9.17) is 9.47 Å². The second-order valence-electron chi connectivity index (χ2n) is 13.9. The number of likely N-dealkylation sites (tertiary alicyclic amines) is 1. The van der Waals surface area contributed by atoms with Crippen LogP contribution in [0.25, 0.3) is 10.9 Å². The molecule has 2 atom stereocenters. The molecule has 6 heterocycles. The van der Waals surface area contributed by atoms with Crippen LogP contribution in [0.4, 0.5) is 4.79 Å². The average Bonchev–Trinajstić information content (AvgIpc) is 3.67. The molecule has 5 N–H and O–H groups in total. The number of benzene rings is 2. The van der Waals surface area contributed by atoms with Crippen molar-refractivity contribution in [2.45, 2.75) is 49.9 Å². The largest absolute Gasteiger partial charge is 0.506 e. The Morgan fingerprint density at radius 1 is 1.02 bits per heavy atom. The number of aromatic amines is 1. The zero-order valence-electron chi connectivity index (χ0n) is 28.5. The van der Waals surface area contributed by atoms with E-state index in [-0.39, 0.29) is 23.3 Å². The first kappa shape index (κ1) is 35.0. The van der Waals surface area contributed by atoms with Crippen molar-refractivity contribution in [3.8, 4) is 11.5 Å². The van der Waals surface area contributed by atoms with Crippen molar-refractivity contribution in [2.24, 2.45) is 5.92 Å². The first-order valence-corrected chi connectivity index (χ1v) is 18.7. The predicted molar refractivity (Wildman–Crippen MR) is 194 cm³/mol. The zero-order chi connectivity index (χ0) is 35.4. The molecule has 12 nitrogen and oxygen atoms in total. The summed E-state index contributed by atoms with van der Waals surface area (Å²) in [7, 11) is 0. The summed E-state index contributed by atoms with van der Waals surface area (Å²) in [5.41, 5.74) is 0.556. The quantitative estimate of drug-likeness (QED) is 0.120. The number of nitrogens with one attached hydrogen (secondary N) is 3. The number of H-pyrrole nitrogens is 1. The molecule has 2 bridgehead atoms. The molecule has 4 aliphatic heterocycles. The molecule has 8 rings (SSSR count). The number of nitrogens with zero attached hydrogens (tertiary/aromatic N) is 2. The van der Waals surface area contributed by atoms with Gasteiger partial charge in [0.05, 0.1) is 31.3 Å². The molecule has 13 heteroatoms. The number of phenolic OH excluding ortho intramolecular Hbond substituents is 1. The third-order valence-corrected chi connectivity index (χ3v) is 11.4. The lowest BCUT2D eigenvalue weighted by atomic mass is 9.86. The van der Waals surface area contributed by atoms with Crippen LogP contribution in [0.5, 0.6) is 11.5 Å². The highest BCUT2D eigenvalue weighted by Gasteiger charge is 2.49. The molecular formula is C38H45N5O7S. The second-order valence-corrected chi connectivity index (χ2v) is 14.8. The molecule has 0 saturated carbocycles. The number of piperidine rings is 3. The third kappa shape index (κ3) is 7.91. The number of hydrogen-bond acceptors (Lipinski definition) is 10. The monoisotopic (exact) mass is 715 g/mol. The number of alkyl carbamates (subject to hydrolysis) is 1. The summed E-state index contributed by atoms with van der Waals surface area (Å²) in [6.07, 6.45) is 3.56. The Bertz CT molecular complexity index is 1870. The minimum absolute atomic E-state index is 0.0326. The lowest BCUT2D eigenvalue weighted by Crippen LogP contribution is -2.69. The van der Waals surface area contributed by atoms with Gasteiger partial charge in [0.2, 0.25) is 5.56 Å². The third-order valence-electron chi connectivity index (χ3n) is 10.4. The standard InChI is InChI=1S/C38H45N5O7S/c44-30-12-10-28(29-11-13-34(46)40-35(29)30)31(45)21-39-16-2-1-3-19-49-27-8-6-26(7-9-27)36(47)43-23-38(24-43,33-5-4-20-51-33)41-37(48)50-32-22-42-17-14-25(32)15-18-42/h4-13,20,25,31-32,39,44-45H,1-3,14-19,21-24H2,(H,40,46)(H,41,48)/t31-,32-/m0/s1. The van der Waals surface area contributed by atoms with Crippen molar-refractivity contribution in [1.82, 2.24) is 25.4 Å². The van der Waals surface area contributed by atoms with Crippen LogP contribution >= 0.6 is 11.3 Å². The van der Waals surface area contributed by atoms with Crippen molar-refractivity contribution >= 4 is 34.2 Å². The van der Waals surface area contributed by atoms with Crippen molar-refractivity contribution < 1.29 is 29.3 Å². The molecule has 4 aliphatic rings. The summed E-state index contributed by atoms with van der Waals surface area (Å²) >= 11 is 1.57. The van der Waals surface area contributed by atoms with Gasteiger partial charge in [-0.1, -0.05) is 12.1 Å². The molecule has 0 spiro atoms. The second kappa shape index (κ2) is 15.4. The van der Waals surface area contributed by atoms with Gasteiger partial charge in [0.25, 0.3) is 5.91 Å². The molecule has 51 heavy (non-hydrogen) atoms. The van der Waals surface area contributed by atoms with Gasteiger partial charge in [-0.3, -0.25) is 14.5 Å². The summed E-state index contributed by atoms with van der Waals surface area (Å²) in [6, 6.07) is 17.3. The van der Waals surface area contributed by atoms with Crippen molar-refractivity contribution in [3.05, 3.63) is 92.4 Å². The van der Waals surface area contributed by atoms with Crippen LogP contribution in [-0.4, -0.2) is 95.5 Å². The lowest BCUT2D eigenvalue weighted by Gasteiger charge is -2.50. The maximum Gasteiger partial charge on any atom is 0.408 e. The van der Waals surface area contributed by atoms with Crippen LogP contribution in [0, 0.1) is 5.92 Å². The molecule has 0 radical (unpaired) electrons. The maximum atomic E-state index is 13.4. The van der Waals surface area contributed by atoms with E-state index in [1.54, 1.807) is 40.5 Å². The highest BCUT2D eigenvalue weighted by molar-refractivity contribution is 7.10. The molecule has 2 aromatic carbocycles. The van der Waals surface area contributed by atoms with Crippen LogP contribution in [0.2, 0.25) is 0 Å². The van der Waals surface area contributed by atoms with Crippen LogP contribution < -0.4 is 20.9 Å². The topological polar surface area (TPSA) is 156 Å². The number of carbonyl (C=O) groups is 2. The predicted octanol–water partition coefficient (Wildman–Crippen LogP) is 4.34. The highest BCUT2D eigenvalue weighted by atomic mass is 32.1. The van der Waals surface area contributed by atoms with Gasteiger partial charge in [-0.2, -0.15) is 0 Å². The van der Waals surface area contributed by atoms with E-state index >= 15 is 0 Å². The van der Waals surface area contributed by atoms with Crippen molar-refractivity contribution in [3.63, 3.8) is 0 Å². The SMILES string of the molecule is O=C(NC1(c2cccs2)CN(C(=O)c2ccc(OCCCCCNC[C@H](O)c3ccc(O)c4[nH]c(=O)ccc34)cc2)C1)O[C@H]1CN2CCC1CC2. The molecule has 0 aliphatic carbocycles. The molecule has 2 aromatic heterocycles. The fourth-order valence-electron chi connectivity index (χ4n) is 7.50. The summed E-state index contributed by atoms with van der Waals surface area (Å²) in [4.78, 5) is 45.8. The van der Waals surface area contributed by atoms with E-state index in [2.05, 4.69) is 20.5 Å². The van der Waals surface area contributed by atoms with Crippen LogP contribution in [-0.2, 0) is 10.3 Å². The first-order chi connectivity index (χ1) is 24.8. The average molecular weight is 716 g/mol. The Morgan fingerprint density at radius 3 is 2.55 bits per heavy atom. The van der Waals surface area contributed by atoms with E-state index < -0.39 is 17.7 Å². The van der Waals surface area contributed by atoms with Crippen LogP contribution in [0.3, 0.4) is 0 Å². The summed E-state index contributed by atoms with van der Waals surface area (Å²) in [5.74, 6) is 1.00. The number of pyridine rings is 1. The normalized spacial score (nSPS) is 21.2. The number of unbranched alkanes of at least 4 members (excludes halogenated alkanes) is 2. The fourth-order valence-corrected chi connectivity index (χ4v) is 8.36. The molecule has 4 aromatic rings. The zero-order valence-corrected chi connectivity index (χ0v) is 29.3. The lowest BCUT2D eigenvalue weighted by molar-refractivity contribution is -0.0402. The number of thiophene rings is 1. The van der Waals surface area contributed by atoms with Crippen LogP contribution in [0.1, 0.15) is 59.0 Å². The van der Waals surface area contributed by atoms with Gasteiger partial charge in [0.15, 0.2) is 0 Å². The molecule has 4 fully saturated rings. The van der Waals surface area contributed by atoms with Crippen molar-refractivity contribution in [1.29, 1.82) is 0 Å². The molecule has 270 valence electrons. The Kier molecular flexibility index (Phi) is 10.6. The number of hydrogen-bond donors (Lipinski definition) is 5. The Hall–Kier alpha value is -4.43. The van der Waals surface area contributed by atoms with Gasteiger partial charge in [0, 0.05) is 35.0 Å². The number of rotatable bonds is 14. The number of amides is 2. The van der Waals surface area contributed by atoms with Crippen LogP contribution in [0.15, 0.2) is 70.8 Å². The Morgan fingerprint density at radius 2 is 1.82 bits per heavy atom. The Balaban J connectivity index is 0.813. The van der Waals surface area contributed by atoms with E-state index in [1.165, 1.54) is 12.1 Å². The number of aromatic hydroxyl groups is 1. The summed E-state index contributed by atoms with van der Waals surface area (Å²) in [6.45, 7) is 5.33. The van der Waals surface area contributed by atoms with E-state index in [0.29, 0.717) is 59.9 Å².